The van der Waals surface area contributed by atoms with Gasteiger partial charge in [0, 0.05) is 43.1 Å². The van der Waals surface area contributed by atoms with E-state index in [1.54, 1.807) is 25.4 Å². The molecule has 2 aromatic carbocycles. The van der Waals surface area contributed by atoms with E-state index >= 15 is 0 Å². The summed E-state index contributed by atoms with van der Waals surface area (Å²) in [6.07, 6.45) is 7.79. The molecule has 42 heavy (non-hydrogen) atoms. The summed E-state index contributed by atoms with van der Waals surface area (Å²) in [6, 6.07) is 13.0. The fourth-order valence-corrected chi connectivity index (χ4v) is 5.52. The molecule has 10 heteroatoms. The summed E-state index contributed by atoms with van der Waals surface area (Å²) >= 11 is 1.23. The molecule has 0 radical (unpaired) electrons. The van der Waals surface area contributed by atoms with Crippen molar-refractivity contribution in [2.24, 2.45) is 0 Å². The van der Waals surface area contributed by atoms with Gasteiger partial charge in [-0.3, -0.25) is 15.0 Å². The molecular weight excluding hydrogens is 550 g/mol. The van der Waals surface area contributed by atoms with E-state index in [1.165, 1.54) is 23.3 Å². The average molecular weight is 592 g/mol. The first-order chi connectivity index (χ1) is 20.4. The largest absolute Gasteiger partial charge is 0.445 e. The number of methoxy groups -OCH3 is 1. The van der Waals surface area contributed by atoms with Gasteiger partial charge in [-0.2, -0.15) is 0 Å². The van der Waals surface area contributed by atoms with Gasteiger partial charge in [0.1, 0.15) is 5.75 Å². The van der Waals surface area contributed by atoms with Crippen molar-refractivity contribution in [3.8, 4) is 10.8 Å². The fourth-order valence-electron chi connectivity index (χ4n) is 4.84. The zero-order valence-corrected chi connectivity index (χ0v) is 25.7. The summed E-state index contributed by atoms with van der Waals surface area (Å²) in [5.74, 6) is 0.353. The number of anilines is 2. The molecule has 1 aliphatic heterocycles. The molecule has 9 nitrogen and oxygen atoms in total. The lowest BCUT2D eigenvalue weighted by Gasteiger charge is -2.25. The summed E-state index contributed by atoms with van der Waals surface area (Å²) < 4.78 is 11.4. The van der Waals surface area contributed by atoms with Crippen LogP contribution in [0.25, 0.3) is 5.57 Å². The van der Waals surface area contributed by atoms with Gasteiger partial charge in [0.25, 0.3) is 5.91 Å². The predicted molar refractivity (Wildman–Crippen MR) is 170 cm³/mol. The quantitative estimate of drug-likeness (QED) is 0.195. The SMILES string of the molecule is CCCN1CC=C(c2ccc(C(=O)Nc3ncc(Oc4ccc(NC(=O)NC(CC)CC)cc4COC)s3)cc2)CC1. The number of thiazole rings is 1. The number of nitrogens with zero attached hydrogens (tertiary/aromatic N) is 2. The Morgan fingerprint density at radius 2 is 1.86 bits per heavy atom. The van der Waals surface area contributed by atoms with Crippen LogP contribution in [0.5, 0.6) is 10.8 Å². The Balaban J connectivity index is 1.35. The smallest absolute Gasteiger partial charge is 0.319 e. The molecule has 3 amide bonds. The van der Waals surface area contributed by atoms with Gasteiger partial charge >= 0.3 is 6.03 Å². The predicted octanol–water partition coefficient (Wildman–Crippen LogP) is 7.14. The van der Waals surface area contributed by atoms with Crippen LogP contribution in [0.2, 0.25) is 0 Å². The minimum absolute atomic E-state index is 0.128. The zero-order valence-electron chi connectivity index (χ0n) is 24.9. The molecule has 3 aromatic rings. The van der Waals surface area contributed by atoms with Crippen molar-refractivity contribution in [1.29, 1.82) is 0 Å². The maximum absolute atomic E-state index is 12.9. The summed E-state index contributed by atoms with van der Waals surface area (Å²) in [5, 5.41) is 9.67. The number of urea groups is 1. The number of benzene rings is 2. The highest BCUT2D eigenvalue weighted by Crippen LogP contribution is 2.34. The van der Waals surface area contributed by atoms with Crippen LogP contribution in [0.1, 0.15) is 67.9 Å². The molecule has 0 saturated carbocycles. The lowest BCUT2D eigenvalue weighted by atomic mass is 9.98. The molecule has 3 N–H and O–H groups in total. The number of carbonyl (C=O) groups is 2. The standard InChI is InChI=1S/C32H41N5O4S/c1-5-16-37-17-14-23(15-18-37)22-8-10-24(11-9-22)30(38)36-32-33-20-29(42-32)41-28-13-12-27(19-25(28)21-40-4)35-31(39)34-26(6-2)7-3/h8-14,19-20,26H,5-7,15-18,21H2,1-4H3,(H,33,36,38)(H2,34,35,39). The molecule has 0 fully saturated rings. The number of rotatable bonds is 13. The van der Waals surface area contributed by atoms with Crippen molar-refractivity contribution in [1.82, 2.24) is 15.2 Å². The van der Waals surface area contributed by atoms with Gasteiger partial charge in [0.15, 0.2) is 5.13 Å². The number of nitrogens with one attached hydrogen (secondary N) is 3. The molecule has 0 saturated heterocycles. The van der Waals surface area contributed by atoms with Gasteiger partial charge in [0.05, 0.1) is 12.8 Å². The molecule has 0 atom stereocenters. The van der Waals surface area contributed by atoms with Gasteiger partial charge in [-0.05, 0) is 73.7 Å². The Kier molecular flexibility index (Phi) is 11.5. The number of hydrogen-bond acceptors (Lipinski definition) is 7. The van der Waals surface area contributed by atoms with Crippen molar-refractivity contribution < 1.29 is 19.1 Å². The van der Waals surface area contributed by atoms with E-state index in [2.05, 4.69) is 38.8 Å². The molecular formula is C32H41N5O4S. The Bertz CT molecular complexity index is 1370. The molecule has 4 rings (SSSR count). The number of aromatic nitrogens is 1. The highest BCUT2D eigenvalue weighted by atomic mass is 32.1. The van der Waals surface area contributed by atoms with Crippen molar-refractivity contribution in [3.63, 3.8) is 0 Å². The monoisotopic (exact) mass is 591 g/mol. The van der Waals surface area contributed by atoms with Crippen LogP contribution >= 0.6 is 11.3 Å². The van der Waals surface area contributed by atoms with E-state index in [0.717, 1.165) is 50.0 Å². The van der Waals surface area contributed by atoms with E-state index < -0.39 is 0 Å². The van der Waals surface area contributed by atoms with E-state index in [9.17, 15) is 9.59 Å². The van der Waals surface area contributed by atoms with Crippen molar-refractivity contribution in [2.75, 3.05) is 37.4 Å². The minimum Gasteiger partial charge on any atom is -0.445 e. The lowest BCUT2D eigenvalue weighted by Crippen LogP contribution is -2.37. The molecule has 0 aliphatic carbocycles. The van der Waals surface area contributed by atoms with Crippen LogP contribution in [0.15, 0.2) is 54.7 Å². The normalized spacial score (nSPS) is 13.5. The Hall–Kier alpha value is -3.73. The van der Waals surface area contributed by atoms with E-state index in [0.29, 0.717) is 33.8 Å². The molecule has 0 bridgehead atoms. The first kappa shape index (κ1) is 31.2. The fraction of sp³-hybridized carbons (Fsp3) is 0.406. The second-order valence-electron chi connectivity index (χ2n) is 10.3. The van der Waals surface area contributed by atoms with Crippen molar-refractivity contribution in [3.05, 3.63) is 71.4 Å². The number of hydrogen-bond donors (Lipinski definition) is 3. The van der Waals surface area contributed by atoms with E-state index in [1.807, 2.05) is 44.2 Å². The Morgan fingerprint density at radius 3 is 2.52 bits per heavy atom. The highest BCUT2D eigenvalue weighted by Gasteiger charge is 2.16. The maximum atomic E-state index is 12.9. The van der Waals surface area contributed by atoms with Gasteiger partial charge in [-0.1, -0.05) is 50.3 Å². The van der Waals surface area contributed by atoms with Crippen LogP contribution in [-0.4, -0.2) is 54.6 Å². The van der Waals surface area contributed by atoms with E-state index in [-0.39, 0.29) is 18.0 Å². The maximum Gasteiger partial charge on any atom is 0.319 e. The van der Waals surface area contributed by atoms with Gasteiger partial charge < -0.3 is 20.1 Å². The first-order valence-electron chi connectivity index (χ1n) is 14.6. The van der Waals surface area contributed by atoms with Gasteiger partial charge in [-0.15, -0.1) is 0 Å². The Morgan fingerprint density at radius 1 is 1.07 bits per heavy atom. The lowest BCUT2D eigenvalue weighted by molar-refractivity contribution is 0.102. The summed E-state index contributed by atoms with van der Waals surface area (Å²) in [5.41, 5.74) is 4.46. The van der Waals surface area contributed by atoms with Crippen LogP contribution in [-0.2, 0) is 11.3 Å². The number of carbonyl (C=O) groups excluding carboxylic acids is 2. The summed E-state index contributed by atoms with van der Waals surface area (Å²) in [7, 11) is 1.60. The summed E-state index contributed by atoms with van der Waals surface area (Å²) in [4.78, 5) is 32.0. The van der Waals surface area contributed by atoms with Gasteiger partial charge in [0.2, 0.25) is 5.06 Å². The number of amides is 3. The second-order valence-corrected chi connectivity index (χ2v) is 11.3. The Labute approximate surface area is 252 Å². The van der Waals surface area contributed by atoms with Crippen molar-refractivity contribution >= 4 is 39.7 Å². The highest BCUT2D eigenvalue weighted by molar-refractivity contribution is 7.17. The summed E-state index contributed by atoms with van der Waals surface area (Å²) in [6.45, 7) is 9.76. The molecule has 2 heterocycles. The molecule has 1 aliphatic rings. The zero-order chi connectivity index (χ0) is 29.9. The van der Waals surface area contributed by atoms with Crippen LogP contribution in [0.3, 0.4) is 0 Å². The topological polar surface area (TPSA) is 105 Å². The third-order valence-corrected chi connectivity index (χ3v) is 8.00. The third-order valence-electron chi connectivity index (χ3n) is 7.21. The second kappa shape index (κ2) is 15.5. The van der Waals surface area contributed by atoms with Crippen molar-refractivity contribution in [2.45, 2.75) is 59.1 Å². The number of ether oxygens (including phenoxy) is 2. The molecule has 224 valence electrons. The van der Waals surface area contributed by atoms with E-state index in [4.69, 9.17) is 9.47 Å². The van der Waals surface area contributed by atoms with Crippen LogP contribution in [0.4, 0.5) is 15.6 Å². The van der Waals surface area contributed by atoms with Crippen LogP contribution in [0, 0.1) is 0 Å². The molecule has 1 aromatic heterocycles. The third kappa shape index (κ3) is 8.64. The van der Waals surface area contributed by atoms with Gasteiger partial charge in [-0.25, -0.2) is 9.78 Å². The average Bonchev–Trinajstić information content (AvgIpc) is 3.44. The first-order valence-corrected chi connectivity index (χ1v) is 15.4. The minimum atomic E-state index is -0.247. The van der Waals surface area contributed by atoms with Crippen LogP contribution < -0.4 is 20.7 Å². The molecule has 0 unspecified atom stereocenters. The molecule has 0 spiro atoms.